The second-order valence-electron chi connectivity index (χ2n) is 5.17. The zero-order chi connectivity index (χ0) is 14.8. The van der Waals surface area contributed by atoms with E-state index in [1.807, 2.05) is 24.5 Å². The minimum absolute atomic E-state index is 0.203. The standard InChI is InChI=1S/C18H21NOS/c1-4-12-10-11-16(21-12)18(19-3)17-13-8-6-7-9-15(13)20-14(17)5-2/h6-11,18-19H,4-5H2,1-3H3. The van der Waals surface area contributed by atoms with E-state index in [1.54, 1.807) is 0 Å². The number of thiophene rings is 1. The van der Waals surface area contributed by atoms with Crippen molar-refractivity contribution < 1.29 is 4.42 Å². The van der Waals surface area contributed by atoms with Crippen LogP contribution in [0.25, 0.3) is 11.0 Å². The number of fused-ring (bicyclic) bond motifs is 1. The summed E-state index contributed by atoms with van der Waals surface area (Å²) in [5, 5.41) is 4.70. The summed E-state index contributed by atoms with van der Waals surface area (Å²) in [6.07, 6.45) is 2.00. The topological polar surface area (TPSA) is 25.2 Å². The van der Waals surface area contributed by atoms with E-state index in [-0.39, 0.29) is 6.04 Å². The lowest BCUT2D eigenvalue weighted by Gasteiger charge is -2.15. The predicted molar refractivity (Wildman–Crippen MR) is 90.2 cm³/mol. The van der Waals surface area contributed by atoms with Gasteiger partial charge in [-0.05, 0) is 31.7 Å². The summed E-state index contributed by atoms with van der Waals surface area (Å²) in [5.74, 6) is 1.09. The highest BCUT2D eigenvalue weighted by Crippen LogP contribution is 2.37. The van der Waals surface area contributed by atoms with Gasteiger partial charge in [-0.15, -0.1) is 11.3 Å². The highest BCUT2D eigenvalue weighted by atomic mass is 32.1. The van der Waals surface area contributed by atoms with Gasteiger partial charge in [0.05, 0.1) is 6.04 Å². The highest BCUT2D eigenvalue weighted by Gasteiger charge is 2.23. The van der Waals surface area contributed by atoms with Crippen molar-refractivity contribution in [3.63, 3.8) is 0 Å². The van der Waals surface area contributed by atoms with Gasteiger partial charge in [0.15, 0.2) is 0 Å². The second kappa shape index (κ2) is 6.04. The third-order valence-corrected chi connectivity index (χ3v) is 5.22. The molecule has 0 aliphatic heterocycles. The Kier molecular flexibility index (Phi) is 4.13. The van der Waals surface area contributed by atoms with E-state index in [4.69, 9.17) is 4.42 Å². The minimum atomic E-state index is 0.203. The average molecular weight is 299 g/mol. The molecule has 0 amide bonds. The molecule has 1 unspecified atom stereocenters. The smallest absolute Gasteiger partial charge is 0.134 e. The molecule has 2 heterocycles. The molecule has 110 valence electrons. The normalized spacial score (nSPS) is 12.9. The molecule has 3 rings (SSSR count). The molecule has 3 heteroatoms. The van der Waals surface area contributed by atoms with Crippen molar-refractivity contribution in [1.82, 2.24) is 5.32 Å². The summed E-state index contributed by atoms with van der Waals surface area (Å²) in [6, 6.07) is 13.0. The van der Waals surface area contributed by atoms with E-state index < -0.39 is 0 Å². The van der Waals surface area contributed by atoms with Gasteiger partial charge in [0.1, 0.15) is 11.3 Å². The Labute approximate surface area is 129 Å². The summed E-state index contributed by atoms with van der Waals surface area (Å²) in [5.41, 5.74) is 2.27. The number of aryl methyl sites for hydroxylation is 2. The minimum Gasteiger partial charge on any atom is -0.461 e. The van der Waals surface area contributed by atoms with E-state index in [1.165, 1.54) is 20.7 Å². The number of furan rings is 1. The number of benzene rings is 1. The van der Waals surface area contributed by atoms with Crippen LogP contribution >= 0.6 is 11.3 Å². The molecule has 3 aromatic rings. The molecule has 0 fully saturated rings. The molecule has 0 aliphatic rings. The molecule has 0 radical (unpaired) electrons. The Bertz CT molecular complexity index is 741. The van der Waals surface area contributed by atoms with Gasteiger partial charge in [0.25, 0.3) is 0 Å². The van der Waals surface area contributed by atoms with Gasteiger partial charge in [0.2, 0.25) is 0 Å². The summed E-state index contributed by atoms with van der Waals surface area (Å²) in [6.45, 7) is 4.36. The third-order valence-electron chi connectivity index (χ3n) is 3.92. The van der Waals surface area contributed by atoms with Gasteiger partial charge in [0, 0.05) is 27.1 Å². The van der Waals surface area contributed by atoms with Crippen LogP contribution in [0, 0.1) is 0 Å². The molecule has 1 aromatic carbocycles. The van der Waals surface area contributed by atoms with Crippen LogP contribution in [0.5, 0.6) is 0 Å². The lowest BCUT2D eigenvalue weighted by Crippen LogP contribution is -2.17. The predicted octanol–water partition coefficient (Wildman–Crippen LogP) is 4.93. The van der Waals surface area contributed by atoms with Gasteiger partial charge in [-0.1, -0.05) is 32.0 Å². The van der Waals surface area contributed by atoms with E-state index in [0.717, 1.165) is 24.2 Å². The maximum Gasteiger partial charge on any atom is 0.134 e. The summed E-state index contributed by atoms with van der Waals surface area (Å²) < 4.78 is 6.05. The van der Waals surface area contributed by atoms with Crippen molar-refractivity contribution in [1.29, 1.82) is 0 Å². The average Bonchev–Trinajstić information content (AvgIpc) is 3.13. The van der Waals surface area contributed by atoms with Crippen LogP contribution in [-0.2, 0) is 12.8 Å². The van der Waals surface area contributed by atoms with Gasteiger partial charge >= 0.3 is 0 Å². The first-order valence-corrected chi connectivity index (χ1v) is 8.36. The van der Waals surface area contributed by atoms with E-state index in [2.05, 4.69) is 49.5 Å². The fraction of sp³-hybridized carbons (Fsp3) is 0.333. The maximum absolute atomic E-state index is 6.05. The summed E-state index contributed by atoms with van der Waals surface area (Å²) >= 11 is 1.89. The number of hydrogen-bond donors (Lipinski definition) is 1. The van der Waals surface area contributed by atoms with Crippen molar-refractivity contribution in [2.24, 2.45) is 0 Å². The monoisotopic (exact) mass is 299 g/mol. The summed E-state index contributed by atoms with van der Waals surface area (Å²) in [4.78, 5) is 2.78. The molecule has 0 bridgehead atoms. The van der Waals surface area contributed by atoms with Gasteiger partial charge in [-0.3, -0.25) is 0 Å². The van der Waals surface area contributed by atoms with Crippen LogP contribution in [0.15, 0.2) is 40.8 Å². The lowest BCUT2D eigenvalue weighted by atomic mass is 10.0. The van der Waals surface area contributed by atoms with Crippen LogP contribution in [-0.4, -0.2) is 7.05 Å². The molecule has 0 aliphatic carbocycles. The first kappa shape index (κ1) is 14.4. The largest absolute Gasteiger partial charge is 0.461 e. The molecule has 0 saturated heterocycles. The SMILES string of the molecule is CCc1ccc(C(NC)c2c(CC)oc3ccccc23)s1. The van der Waals surface area contributed by atoms with Crippen molar-refractivity contribution in [2.75, 3.05) is 7.05 Å². The van der Waals surface area contributed by atoms with Crippen LogP contribution < -0.4 is 5.32 Å². The number of para-hydroxylation sites is 1. The first-order valence-electron chi connectivity index (χ1n) is 7.54. The number of hydrogen-bond acceptors (Lipinski definition) is 3. The fourth-order valence-electron chi connectivity index (χ4n) is 2.86. The number of nitrogens with one attached hydrogen (secondary N) is 1. The number of rotatable bonds is 5. The highest BCUT2D eigenvalue weighted by molar-refractivity contribution is 7.12. The molecule has 1 atom stereocenters. The van der Waals surface area contributed by atoms with Crippen LogP contribution in [0.3, 0.4) is 0 Å². The van der Waals surface area contributed by atoms with E-state index in [0.29, 0.717) is 0 Å². The molecule has 21 heavy (non-hydrogen) atoms. The Morgan fingerprint density at radius 3 is 2.57 bits per heavy atom. The Hall–Kier alpha value is -1.58. The first-order chi connectivity index (χ1) is 10.3. The Morgan fingerprint density at radius 1 is 1.10 bits per heavy atom. The van der Waals surface area contributed by atoms with Gasteiger partial charge < -0.3 is 9.73 Å². The van der Waals surface area contributed by atoms with Crippen LogP contribution in [0.4, 0.5) is 0 Å². The zero-order valence-electron chi connectivity index (χ0n) is 12.8. The van der Waals surface area contributed by atoms with Crippen molar-refractivity contribution in [2.45, 2.75) is 32.7 Å². The van der Waals surface area contributed by atoms with Crippen molar-refractivity contribution in [3.8, 4) is 0 Å². The molecule has 2 aromatic heterocycles. The zero-order valence-corrected chi connectivity index (χ0v) is 13.6. The molecule has 1 N–H and O–H groups in total. The molecular formula is C18H21NOS. The van der Waals surface area contributed by atoms with Crippen molar-refractivity contribution >= 4 is 22.3 Å². The Balaban J connectivity index is 2.15. The molecule has 0 spiro atoms. The fourth-order valence-corrected chi connectivity index (χ4v) is 3.94. The molecule has 2 nitrogen and oxygen atoms in total. The van der Waals surface area contributed by atoms with Gasteiger partial charge in [-0.25, -0.2) is 0 Å². The third kappa shape index (κ3) is 2.52. The van der Waals surface area contributed by atoms with E-state index >= 15 is 0 Å². The summed E-state index contributed by atoms with van der Waals surface area (Å²) in [7, 11) is 2.03. The van der Waals surface area contributed by atoms with Crippen molar-refractivity contribution in [3.05, 3.63) is 57.5 Å². The van der Waals surface area contributed by atoms with E-state index in [9.17, 15) is 0 Å². The lowest BCUT2D eigenvalue weighted by molar-refractivity contribution is 0.540. The molecular weight excluding hydrogens is 278 g/mol. The quantitative estimate of drug-likeness (QED) is 0.723. The Morgan fingerprint density at radius 2 is 1.90 bits per heavy atom. The van der Waals surface area contributed by atoms with Crippen LogP contribution in [0.1, 0.15) is 41.0 Å². The second-order valence-corrected chi connectivity index (χ2v) is 6.37. The van der Waals surface area contributed by atoms with Gasteiger partial charge in [-0.2, -0.15) is 0 Å². The van der Waals surface area contributed by atoms with Crippen LogP contribution in [0.2, 0.25) is 0 Å². The maximum atomic E-state index is 6.05. The molecule has 0 saturated carbocycles.